The zero-order valence-electron chi connectivity index (χ0n) is 17.6. The SMILES string of the molecule is CC(Cc1cnc([Se][Se]c2ncc(CC(C(=O)[O-])[N+](C)(C)C)[nH]2)[nH]1)[N+](C)(C)C. The molecule has 0 saturated carbocycles. The molecule has 0 radical (unpaired) electrons. The summed E-state index contributed by atoms with van der Waals surface area (Å²) in [6, 6.07) is -0.0982. The van der Waals surface area contributed by atoms with Crippen molar-refractivity contribution in [2.24, 2.45) is 0 Å². The van der Waals surface area contributed by atoms with Gasteiger partial charge in [0, 0.05) is 0 Å². The molecule has 0 bridgehead atoms. The van der Waals surface area contributed by atoms with Crippen LogP contribution in [-0.2, 0) is 17.6 Å². The molecule has 2 aromatic rings. The van der Waals surface area contributed by atoms with Crippen LogP contribution in [0.5, 0.6) is 0 Å². The number of aliphatic carboxylic acids is 1. The fourth-order valence-electron chi connectivity index (χ4n) is 2.52. The number of carbonyl (C=O) groups excluding carboxylic acids is 1. The molecule has 0 amide bonds. The summed E-state index contributed by atoms with van der Waals surface area (Å²) in [7, 11) is 12.2. The third kappa shape index (κ3) is 6.72. The fraction of sp³-hybridized carbons (Fsp3) is 0.611. The zero-order valence-corrected chi connectivity index (χ0v) is 21.1. The van der Waals surface area contributed by atoms with Gasteiger partial charge in [0.15, 0.2) is 0 Å². The molecule has 2 atom stereocenters. The molecule has 0 aliphatic heterocycles. The monoisotopic (exact) mass is 523 g/mol. The van der Waals surface area contributed by atoms with Gasteiger partial charge in [0.1, 0.15) is 0 Å². The summed E-state index contributed by atoms with van der Waals surface area (Å²) in [5.41, 5.74) is 2.01. The van der Waals surface area contributed by atoms with Crippen molar-refractivity contribution in [1.29, 1.82) is 0 Å². The maximum atomic E-state index is 11.4. The number of rotatable bonds is 10. The number of nitrogens with one attached hydrogen (secondary N) is 2. The molecule has 156 valence electrons. The van der Waals surface area contributed by atoms with Gasteiger partial charge in [0.2, 0.25) is 0 Å². The minimum atomic E-state index is -1.04. The first-order valence-corrected chi connectivity index (χ1v) is 15.2. The molecule has 28 heavy (non-hydrogen) atoms. The molecular weight excluding hydrogens is 490 g/mol. The molecule has 2 aromatic heterocycles. The second-order valence-electron chi connectivity index (χ2n) is 8.92. The van der Waals surface area contributed by atoms with Crippen LogP contribution in [0.3, 0.4) is 0 Å². The maximum absolute atomic E-state index is 11.4. The second-order valence-corrected chi connectivity index (χ2v) is 14.9. The number of hydrogen-bond donors (Lipinski definition) is 2. The van der Waals surface area contributed by atoms with Crippen LogP contribution < -0.4 is 14.6 Å². The Bertz CT molecular complexity index is 791. The van der Waals surface area contributed by atoms with E-state index in [1.807, 2.05) is 27.3 Å². The molecular formula is C18H31N6O2Se2+. The predicted molar refractivity (Wildman–Crippen MR) is 110 cm³/mol. The van der Waals surface area contributed by atoms with Crippen molar-refractivity contribution in [2.75, 3.05) is 42.3 Å². The average molecular weight is 521 g/mol. The summed E-state index contributed by atoms with van der Waals surface area (Å²) in [4.78, 5) is 27.1. The van der Waals surface area contributed by atoms with Crippen molar-refractivity contribution in [2.45, 2.75) is 31.8 Å². The number of imidazole rings is 2. The number of H-pyrrole nitrogens is 2. The quantitative estimate of drug-likeness (QED) is 0.265. The first kappa shape index (κ1) is 23.1. The summed E-state index contributed by atoms with van der Waals surface area (Å²) in [6.07, 6.45) is 5.05. The molecule has 0 aliphatic rings. The van der Waals surface area contributed by atoms with E-state index in [1.165, 1.54) is 5.69 Å². The van der Waals surface area contributed by atoms with Gasteiger partial charge >= 0.3 is 178 Å². The predicted octanol–water partition coefficient (Wildman–Crippen LogP) is -2.59. The molecule has 2 N–H and O–H groups in total. The van der Waals surface area contributed by atoms with E-state index >= 15 is 0 Å². The van der Waals surface area contributed by atoms with E-state index in [0.717, 1.165) is 26.0 Å². The Labute approximate surface area is 178 Å². The van der Waals surface area contributed by atoms with E-state index in [1.54, 1.807) is 6.20 Å². The van der Waals surface area contributed by atoms with Crippen LogP contribution in [-0.4, -0.2) is 116 Å². The third-order valence-electron chi connectivity index (χ3n) is 4.87. The third-order valence-corrected chi connectivity index (χ3v) is 10.9. The van der Waals surface area contributed by atoms with Crippen molar-refractivity contribution in [3.05, 3.63) is 23.8 Å². The van der Waals surface area contributed by atoms with Gasteiger partial charge in [-0.05, 0) is 0 Å². The fourth-order valence-corrected chi connectivity index (χ4v) is 7.55. The zero-order chi connectivity index (χ0) is 21.1. The first-order chi connectivity index (χ1) is 12.9. The Balaban J connectivity index is 1.92. The van der Waals surface area contributed by atoms with E-state index in [4.69, 9.17) is 0 Å². The van der Waals surface area contributed by atoms with Crippen molar-refractivity contribution in [1.82, 2.24) is 19.9 Å². The molecule has 8 nitrogen and oxygen atoms in total. The van der Waals surface area contributed by atoms with Gasteiger partial charge in [-0.3, -0.25) is 0 Å². The first-order valence-electron chi connectivity index (χ1n) is 9.11. The van der Waals surface area contributed by atoms with Crippen molar-refractivity contribution in [3.8, 4) is 0 Å². The second kappa shape index (κ2) is 9.11. The molecule has 2 heterocycles. The van der Waals surface area contributed by atoms with E-state index in [-0.39, 0.29) is 26.3 Å². The summed E-state index contributed by atoms with van der Waals surface area (Å²) >= 11 is 0.369. The van der Waals surface area contributed by atoms with Gasteiger partial charge in [0.25, 0.3) is 0 Å². The van der Waals surface area contributed by atoms with Crippen LogP contribution in [0.15, 0.2) is 12.4 Å². The van der Waals surface area contributed by atoms with Gasteiger partial charge < -0.3 is 0 Å². The van der Waals surface area contributed by atoms with Crippen molar-refractivity contribution >= 4 is 41.7 Å². The molecule has 0 spiro atoms. The Kier molecular flexibility index (Phi) is 7.53. The van der Waals surface area contributed by atoms with E-state index in [0.29, 0.717) is 16.9 Å². The number of quaternary nitrogens is 2. The van der Waals surface area contributed by atoms with Crippen LogP contribution in [0.25, 0.3) is 0 Å². The molecule has 2 rings (SSSR count). The summed E-state index contributed by atoms with van der Waals surface area (Å²) < 4.78 is 3.19. The van der Waals surface area contributed by atoms with Gasteiger partial charge in [0.05, 0.1) is 0 Å². The Morgan fingerprint density at radius 1 is 0.964 bits per heavy atom. The van der Waals surface area contributed by atoms with Gasteiger partial charge in [-0.2, -0.15) is 0 Å². The van der Waals surface area contributed by atoms with E-state index in [2.05, 4.69) is 48.0 Å². The van der Waals surface area contributed by atoms with Crippen molar-refractivity contribution < 1.29 is 18.9 Å². The van der Waals surface area contributed by atoms with E-state index in [9.17, 15) is 9.90 Å². The van der Waals surface area contributed by atoms with Gasteiger partial charge in [-0.25, -0.2) is 0 Å². The van der Waals surface area contributed by atoms with Crippen LogP contribution in [0.2, 0.25) is 0 Å². The number of carboxylic acid groups (broad SMARTS) is 1. The Morgan fingerprint density at radius 3 is 1.82 bits per heavy atom. The normalized spacial score (nSPS) is 14.8. The number of hydrogen-bond acceptors (Lipinski definition) is 4. The number of nitrogens with zero attached hydrogens (tertiary/aromatic N) is 4. The molecule has 0 fully saturated rings. The van der Waals surface area contributed by atoms with Crippen LogP contribution >= 0.6 is 0 Å². The molecule has 0 saturated heterocycles. The van der Waals surface area contributed by atoms with Crippen LogP contribution in [0.4, 0.5) is 0 Å². The topological polar surface area (TPSA) is 97.5 Å². The van der Waals surface area contributed by atoms with Crippen LogP contribution in [0.1, 0.15) is 18.3 Å². The standard InChI is InChI=1S/C18H30N6O2Se2/c1-12(23(2,3)4)8-13-10-19-17(21-13)27-28-18-20-11-14(22-18)9-15(16(25)26)24(5,6)7/h10-12,15H,8-9H2,1-7H3,(H-2,19,20,21,22,25,26)/p+1. The van der Waals surface area contributed by atoms with Gasteiger partial charge in [-0.1, -0.05) is 0 Å². The minimum absolute atomic E-state index is 0.166. The van der Waals surface area contributed by atoms with Crippen LogP contribution in [0, 0.1) is 0 Å². The molecule has 0 aromatic carbocycles. The number of aromatic nitrogens is 4. The van der Waals surface area contributed by atoms with Crippen molar-refractivity contribution in [3.63, 3.8) is 0 Å². The van der Waals surface area contributed by atoms with E-state index < -0.39 is 12.0 Å². The number of likely N-dealkylation sites (N-methyl/N-ethyl adjacent to an activating group) is 2. The summed E-state index contributed by atoms with van der Waals surface area (Å²) in [6.45, 7) is 2.25. The number of carbonyl (C=O) groups is 1. The number of carboxylic acids is 1. The summed E-state index contributed by atoms with van der Waals surface area (Å²) in [5.74, 6) is -1.04. The Morgan fingerprint density at radius 2 is 1.43 bits per heavy atom. The molecule has 10 heteroatoms. The molecule has 2 unspecified atom stereocenters. The molecule has 0 aliphatic carbocycles. The Hall–Kier alpha value is -1.15. The number of aromatic amines is 2. The average Bonchev–Trinajstić information content (AvgIpc) is 3.17. The van der Waals surface area contributed by atoms with Gasteiger partial charge in [-0.15, -0.1) is 0 Å². The summed E-state index contributed by atoms with van der Waals surface area (Å²) in [5, 5.41) is 11.4.